The molecule has 0 spiro atoms. The fourth-order valence-corrected chi connectivity index (χ4v) is 2.40. The van der Waals surface area contributed by atoms with E-state index in [-0.39, 0.29) is 5.91 Å². The monoisotopic (exact) mass is 297 g/mol. The van der Waals surface area contributed by atoms with Crippen molar-refractivity contribution in [2.24, 2.45) is 5.92 Å². The van der Waals surface area contributed by atoms with Crippen LogP contribution in [0.3, 0.4) is 0 Å². The van der Waals surface area contributed by atoms with Crippen LogP contribution in [-0.4, -0.2) is 17.8 Å². The third-order valence-electron chi connectivity index (χ3n) is 2.86. The van der Waals surface area contributed by atoms with E-state index in [4.69, 9.17) is 0 Å². The number of alkyl halides is 1. The van der Waals surface area contributed by atoms with E-state index in [2.05, 4.69) is 28.2 Å². The Kier molecular flexibility index (Phi) is 6.27. The largest absolute Gasteiger partial charge is 0.356 e. The second-order valence-electron chi connectivity index (χ2n) is 4.49. The topological polar surface area (TPSA) is 29.1 Å². The molecule has 17 heavy (non-hydrogen) atoms. The highest BCUT2D eigenvalue weighted by molar-refractivity contribution is 9.09. The van der Waals surface area contributed by atoms with Gasteiger partial charge in [0.1, 0.15) is 0 Å². The standard InChI is InChI=1S/C14H20BrNO/c1-11(7-8-15)10-16-14(17)9-13-6-4-3-5-12(13)2/h3-6,11H,7-10H2,1-2H3,(H,16,17). The summed E-state index contributed by atoms with van der Waals surface area (Å²) in [5, 5.41) is 3.97. The van der Waals surface area contributed by atoms with Crippen LogP contribution in [-0.2, 0) is 11.2 Å². The van der Waals surface area contributed by atoms with Crippen LogP contribution >= 0.6 is 15.9 Å². The third-order valence-corrected chi connectivity index (χ3v) is 3.32. The molecule has 0 fully saturated rings. The maximum Gasteiger partial charge on any atom is 0.224 e. The summed E-state index contributed by atoms with van der Waals surface area (Å²) in [5.74, 6) is 0.635. The van der Waals surface area contributed by atoms with Gasteiger partial charge < -0.3 is 5.32 Å². The van der Waals surface area contributed by atoms with Crippen molar-refractivity contribution in [3.8, 4) is 0 Å². The number of hydrogen-bond acceptors (Lipinski definition) is 1. The van der Waals surface area contributed by atoms with Gasteiger partial charge in [-0.2, -0.15) is 0 Å². The Balaban J connectivity index is 2.37. The SMILES string of the molecule is Cc1ccccc1CC(=O)NCC(C)CCBr. The fraction of sp³-hybridized carbons (Fsp3) is 0.500. The molecule has 1 unspecified atom stereocenters. The first-order valence-electron chi connectivity index (χ1n) is 6.00. The number of nitrogens with one attached hydrogen (secondary N) is 1. The number of hydrogen-bond donors (Lipinski definition) is 1. The van der Waals surface area contributed by atoms with Gasteiger partial charge >= 0.3 is 0 Å². The highest BCUT2D eigenvalue weighted by Gasteiger charge is 2.07. The van der Waals surface area contributed by atoms with E-state index < -0.39 is 0 Å². The van der Waals surface area contributed by atoms with Crippen LogP contribution < -0.4 is 5.32 Å². The van der Waals surface area contributed by atoms with Gasteiger partial charge in [0.2, 0.25) is 5.91 Å². The van der Waals surface area contributed by atoms with Gasteiger partial charge in [-0.15, -0.1) is 0 Å². The maximum absolute atomic E-state index is 11.8. The van der Waals surface area contributed by atoms with Crippen LogP contribution in [0, 0.1) is 12.8 Å². The van der Waals surface area contributed by atoms with E-state index in [1.165, 1.54) is 5.56 Å². The highest BCUT2D eigenvalue weighted by atomic mass is 79.9. The van der Waals surface area contributed by atoms with Crippen LogP contribution in [0.2, 0.25) is 0 Å². The number of halogens is 1. The minimum atomic E-state index is 0.112. The summed E-state index contributed by atoms with van der Waals surface area (Å²) in [5.41, 5.74) is 2.29. The molecule has 1 aromatic rings. The van der Waals surface area contributed by atoms with E-state index >= 15 is 0 Å². The van der Waals surface area contributed by atoms with Gasteiger partial charge in [0.25, 0.3) is 0 Å². The second kappa shape index (κ2) is 7.49. The molecule has 0 bridgehead atoms. The molecule has 3 heteroatoms. The Morgan fingerprint density at radius 2 is 2.12 bits per heavy atom. The summed E-state index contributed by atoms with van der Waals surface area (Å²) in [4.78, 5) is 11.8. The Morgan fingerprint density at radius 1 is 1.41 bits per heavy atom. The number of carbonyl (C=O) groups is 1. The number of carbonyl (C=O) groups excluding carboxylic acids is 1. The summed E-state index contributed by atoms with van der Waals surface area (Å²) in [6.07, 6.45) is 1.57. The minimum Gasteiger partial charge on any atom is -0.356 e. The van der Waals surface area contributed by atoms with E-state index in [1.54, 1.807) is 0 Å². The van der Waals surface area contributed by atoms with Crippen LogP contribution in [0.25, 0.3) is 0 Å². The molecular formula is C14H20BrNO. The van der Waals surface area contributed by atoms with Crippen molar-refractivity contribution in [2.45, 2.75) is 26.7 Å². The molecule has 0 saturated carbocycles. The highest BCUT2D eigenvalue weighted by Crippen LogP contribution is 2.08. The van der Waals surface area contributed by atoms with Crippen molar-refractivity contribution in [1.82, 2.24) is 5.32 Å². The summed E-state index contributed by atoms with van der Waals surface area (Å²) in [6.45, 7) is 4.95. The molecule has 1 N–H and O–H groups in total. The average Bonchev–Trinajstić information content (AvgIpc) is 2.30. The molecule has 1 amide bonds. The predicted molar refractivity (Wildman–Crippen MR) is 75.5 cm³/mol. The zero-order valence-electron chi connectivity index (χ0n) is 10.5. The van der Waals surface area contributed by atoms with E-state index in [0.717, 1.165) is 23.9 Å². The van der Waals surface area contributed by atoms with Crippen molar-refractivity contribution in [3.63, 3.8) is 0 Å². The Bertz CT molecular complexity index is 365. The van der Waals surface area contributed by atoms with E-state index in [1.807, 2.05) is 31.2 Å². The number of benzene rings is 1. The summed E-state index contributed by atoms with van der Waals surface area (Å²) >= 11 is 3.41. The molecule has 0 radical (unpaired) electrons. The van der Waals surface area contributed by atoms with Crippen LogP contribution in [0.5, 0.6) is 0 Å². The van der Waals surface area contributed by atoms with Gasteiger partial charge in [-0.25, -0.2) is 0 Å². The molecule has 1 atom stereocenters. The van der Waals surface area contributed by atoms with Gasteiger partial charge in [-0.3, -0.25) is 4.79 Å². The molecule has 0 aliphatic heterocycles. The van der Waals surface area contributed by atoms with Gasteiger partial charge in [0, 0.05) is 11.9 Å². The lowest BCUT2D eigenvalue weighted by molar-refractivity contribution is -0.120. The normalized spacial score (nSPS) is 12.2. The molecule has 1 rings (SSSR count). The van der Waals surface area contributed by atoms with Crippen molar-refractivity contribution >= 4 is 21.8 Å². The number of aryl methyl sites for hydroxylation is 1. The second-order valence-corrected chi connectivity index (χ2v) is 5.28. The summed E-state index contributed by atoms with van der Waals surface area (Å²) < 4.78 is 0. The fourth-order valence-electron chi connectivity index (χ4n) is 1.62. The van der Waals surface area contributed by atoms with E-state index in [0.29, 0.717) is 12.3 Å². The number of amides is 1. The average molecular weight is 298 g/mol. The van der Waals surface area contributed by atoms with Crippen LogP contribution in [0.15, 0.2) is 24.3 Å². The first kappa shape index (κ1) is 14.2. The van der Waals surface area contributed by atoms with Gasteiger partial charge in [-0.05, 0) is 30.4 Å². The lowest BCUT2D eigenvalue weighted by atomic mass is 10.1. The zero-order valence-corrected chi connectivity index (χ0v) is 12.1. The Hall–Kier alpha value is -0.830. The van der Waals surface area contributed by atoms with Gasteiger partial charge in [0.15, 0.2) is 0 Å². The quantitative estimate of drug-likeness (QED) is 0.803. The molecule has 2 nitrogen and oxygen atoms in total. The molecule has 0 saturated heterocycles. The molecule has 0 heterocycles. The van der Waals surface area contributed by atoms with Crippen LogP contribution in [0.4, 0.5) is 0 Å². The maximum atomic E-state index is 11.8. The lowest BCUT2D eigenvalue weighted by Gasteiger charge is -2.11. The molecule has 94 valence electrons. The predicted octanol–water partition coefficient (Wildman–Crippen LogP) is 3.07. The van der Waals surface area contributed by atoms with Crippen LogP contribution in [0.1, 0.15) is 24.5 Å². The van der Waals surface area contributed by atoms with E-state index in [9.17, 15) is 4.79 Å². The van der Waals surface area contributed by atoms with Crippen molar-refractivity contribution in [3.05, 3.63) is 35.4 Å². The third kappa shape index (κ3) is 5.35. The van der Waals surface area contributed by atoms with Gasteiger partial charge in [0.05, 0.1) is 6.42 Å². The summed E-state index contributed by atoms with van der Waals surface area (Å²) in [7, 11) is 0. The Labute approximate surface area is 112 Å². The Morgan fingerprint density at radius 3 is 2.76 bits per heavy atom. The summed E-state index contributed by atoms with van der Waals surface area (Å²) in [6, 6.07) is 8.02. The van der Waals surface area contributed by atoms with Crippen molar-refractivity contribution < 1.29 is 4.79 Å². The zero-order chi connectivity index (χ0) is 12.7. The lowest BCUT2D eigenvalue weighted by Crippen LogP contribution is -2.29. The molecular weight excluding hydrogens is 278 g/mol. The minimum absolute atomic E-state index is 0.112. The first-order valence-corrected chi connectivity index (χ1v) is 7.12. The molecule has 1 aromatic carbocycles. The van der Waals surface area contributed by atoms with Crippen molar-refractivity contribution in [2.75, 3.05) is 11.9 Å². The molecule has 0 aromatic heterocycles. The first-order chi connectivity index (χ1) is 8.13. The van der Waals surface area contributed by atoms with Gasteiger partial charge in [-0.1, -0.05) is 47.1 Å². The molecule has 0 aliphatic carbocycles. The smallest absolute Gasteiger partial charge is 0.224 e. The number of rotatable bonds is 6. The molecule has 0 aliphatic rings. The van der Waals surface area contributed by atoms with Crippen molar-refractivity contribution in [1.29, 1.82) is 0 Å².